The Hall–Kier alpha value is -1.64. The van der Waals surface area contributed by atoms with E-state index >= 15 is 0 Å². The zero-order valence-corrected chi connectivity index (χ0v) is 16.6. The van der Waals surface area contributed by atoms with Crippen molar-refractivity contribution in [2.24, 2.45) is 0 Å². The third-order valence-corrected chi connectivity index (χ3v) is 6.33. The number of nitrogens with zero attached hydrogens (tertiary/aromatic N) is 3. The van der Waals surface area contributed by atoms with Crippen molar-refractivity contribution in [2.45, 2.75) is 24.5 Å². The average Bonchev–Trinajstić information content (AvgIpc) is 3.13. The fourth-order valence-electron chi connectivity index (χ4n) is 3.63. The SMILES string of the molecule is CN1CC2(CCN(C(=O)NC[C@H](c3cccs3)N(C)C)CC2)OCC1=O. The molecule has 1 spiro atoms. The van der Waals surface area contributed by atoms with Crippen molar-refractivity contribution in [3.63, 3.8) is 0 Å². The predicted molar refractivity (Wildman–Crippen MR) is 101 cm³/mol. The topological polar surface area (TPSA) is 65.1 Å². The first-order valence-corrected chi connectivity index (χ1v) is 9.89. The second-order valence-electron chi connectivity index (χ2n) is 7.39. The highest BCUT2D eigenvalue weighted by atomic mass is 32.1. The summed E-state index contributed by atoms with van der Waals surface area (Å²) in [5, 5.41) is 5.14. The molecule has 1 atom stereocenters. The van der Waals surface area contributed by atoms with Gasteiger partial charge in [-0.1, -0.05) is 6.07 Å². The maximum atomic E-state index is 12.6. The van der Waals surface area contributed by atoms with Crippen LogP contribution in [0.25, 0.3) is 0 Å². The van der Waals surface area contributed by atoms with Crippen LogP contribution in [-0.2, 0) is 9.53 Å². The van der Waals surface area contributed by atoms with Gasteiger partial charge in [-0.05, 0) is 38.4 Å². The number of piperidine rings is 1. The molecular weight excluding hydrogens is 352 g/mol. The maximum Gasteiger partial charge on any atom is 0.317 e. The van der Waals surface area contributed by atoms with Crippen LogP contribution >= 0.6 is 11.3 Å². The van der Waals surface area contributed by atoms with Crippen molar-refractivity contribution < 1.29 is 14.3 Å². The van der Waals surface area contributed by atoms with Crippen LogP contribution in [0.15, 0.2) is 17.5 Å². The molecule has 3 rings (SSSR count). The minimum absolute atomic E-state index is 0.0245. The van der Waals surface area contributed by atoms with E-state index in [4.69, 9.17) is 4.74 Å². The molecule has 1 N–H and O–H groups in total. The van der Waals surface area contributed by atoms with Crippen molar-refractivity contribution in [2.75, 3.05) is 53.9 Å². The number of likely N-dealkylation sites (tertiary alicyclic amines) is 1. The number of hydrogen-bond donors (Lipinski definition) is 1. The van der Waals surface area contributed by atoms with E-state index in [2.05, 4.69) is 21.7 Å². The van der Waals surface area contributed by atoms with Gasteiger partial charge in [0.15, 0.2) is 0 Å². The van der Waals surface area contributed by atoms with Crippen LogP contribution in [0.4, 0.5) is 4.79 Å². The van der Waals surface area contributed by atoms with E-state index in [1.54, 1.807) is 16.2 Å². The quantitative estimate of drug-likeness (QED) is 0.857. The molecule has 3 heterocycles. The van der Waals surface area contributed by atoms with Gasteiger partial charge >= 0.3 is 6.03 Å². The summed E-state index contributed by atoms with van der Waals surface area (Å²) < 4.78 is 5.84. The van der Waals surface area contributed by atoms with Crippen molar-refractivity contribution in [1.82, 2.24) is 20.0 Å². The predicted octanol–water partition coefficient (Wildman–Crippen LogP) is 1.38. The van der Waals surface area contributed by atoms with Gasteiger partial charge in [-0.25, -0.2) is 4.79 Å². The highest BCUT2D eigenvalue weighted by Crippen LogP contribution is 2.30. The lowest BCUT2D eigenvalue weighted by atomic mass is 9.89. The first kappa shape index (κ1) is 19.1. The Labute approximate surface area is 158 Å². The van der Waals surface area contributed by atoms with Gasteiger partial charge in [-0.3, -0.25) is 4.79 Å². The fourth-order valence-corrected chi connectivity index (χ4v) is 4.55. The molecule has 0 aliphatic carbocycles. The van der Waals surface area contributed by atoms with E-state index in [1.807, 2.05) is 32.1 Å². The molecule has 0 aromatic carbocycles. The number of urea groups is 1. The minimum Gasteiger partial charge on any atom is -0.363 e. The van der Waals surface area contributed by atoms with E-state index in [1.165, 1.54) is 4.88 Å². The number of carbonyl (C=O) groups is 2. The first-order valence-electron chi connectivity index (χ1n) is 9.01. The summed E-state index contributed by atoms with van der Waals surface area (Å²) >= 11 is 1.71. The lowest BCUT2D eigenvalue weighted by Crippen LogP contribution is -2.59. The molecule has 2 aliphatic rings. The molecule has 0 radical (unpaired) electrons. The van der Waals surface area contributed by atoms with Crippen molar-refractivity contribution in [3.8, 4) is 0 Å². The van der Waals surface area contributed by atoms with Crippen LogP contribution in [0, 0.1) is 0 Å². The van der Waals surface area contributed by atoms with Gasteiger partial charge in [0.25, 0.3) is 0 Å². The number of likely N-dealkylation sites (N-methyl/N-ethyl adjacent to an activating group) is 2. The van der Waals surface area contributed by atoms with Crippen LogP contribution in [0.1, 0.15) is 23.8 Å². The maximum absolute atomic E-state index is 12.6. The molecule has 1 aromatic heterocycles. The minimum atomic E-state index is -0.289. The third-order valence-electron chi connectivity index (χ3n) is 5.36. The van der Waals surface area contributed by atoms with Gasteiger partial charge in [0.1, 0.15) is 6.61 Å². The number of amides is 3. The molecule has 0 saturated carbocycles. The lowest BCUT2D eigenvalue weighted by molar-refractivity contribution is -0.167. The number of thiophene rings is 1. The molecule has 1 aromatic rings. The van der Waals surface area contributed by atoms with E-state index in [-0.39, 0.29) is 30.2 Å². The van der Waals surface area contributed by atoms with Gasteiger partial charge in [0, 0.05) is 38.1 Å². The molecule has 144 valence electrons. The van der Waals surface area contributed by atoms with Crippen LogP contribution in [0.2, 0.25) is 0 Å². The normalized spacial score (nSPS) is 21.3. The zero-order valence-electron chi connectivity index (χ0n) is 15.7. The molecule has 2 fully saturated rings. The van der Waals surface area contributed by atoms with Gasteiger partial charge in [0.2, 0.25) is 5.91 Å². The molecule has 0 bridgehead atoms. The second kappa shape index (κ2) is 7.94. The third kappa shape index (κ3) is 4.19. The van der Waals surface area contributed by atoms with E-state index in [9.17, 15) is 9.59 Å². The van der Waals surface area contributed by atoms with Crippen LogP contribution in [-0.4, -0.2) is 86.2 Å². The number of nitrogens with one attached hydrogen (secondary N) is 1. The van der Waals surface area contributed by atoms with Crippen LogP contribution in [0.3, 0.4) is 0 Å². The number of morpholine rings is 1. The average molecular weight is 381 g/mol. The summed E-state index contributed by atoms with van der Waals surface area (Å²) in [5.41, 5.74) is -0.289. The van der Waals surface area contributed by atoms with Crippen molar-refractivity contribution in [3.05, 3.63) is 22.4 Å². The van der Waals surface area contributed by atoms with E-state index < -0.39 is 0 Å². The van der Waals surface area contributed by atoms with Crippen LogP contribution < -0.4 is 5.32 Å². The summed E-state index contributed by atoms with van der Waals surface area (Å²) in [6.45, 7) is 2.65. The van der Waals surface area contributed by atoms with Gasteiger partial charge in [-0.15, -0.1) is 11.3 Å². The highest BCUT2D eigenvalue weighted by Gasteiger charge is 2.42. The highest BCUT2D eigenvalue weighted by molar-refractivity contribution is 7.10. The Morgan fingerprint density at radius 2 is 2.15 bits per heavy atom. The van der Waals surface area contributed by atoms with Crippen molar-refractivity contribution in [1.29, 1.82) is 0 Å². The summed E-state index contributed by atoms with van der Waals surface area (Å²) in [4.78, 5) is 31.2. The van der Waals surface area contributed by atoms with E-state index in [0.717, 1.165) is 12.8 Å². The smallest absolute Gasteiger partial charge is 0.317 e. The first-order chi connectivity index (χ1) is 12.4. The molecule has 2 saturated heterocycles. The number of carbonyl (C=O) groups excluding carboxylic acids is 2. The van der Waals surface area contributed by atoms with Crippen molar-refractivity contribution >= 4 is 23.3 Å². The Bertz CT molecular complexity index is 626. The van der Waals surface area contributed by atoms with Crippen LogP contribution in [0.5, 0.6) is 0 Å². The molecule has 0 unspecified atom stereocenters. The number of hydrogen-bond acceptors (Lipinski definition) is 5. The largest absolute Gasteiger partial charge is 0.363 e. The molecule has 8 heteroatoms. The fraction of sp³-hybridized carbons (Fsp3) is 0.667. The Kier molecular flexibility index (Phi) is 5.84. The van der Waals surface area contributed by atoms with Gasteiger partial charge < -0.3 is 24.8 Å². The Morgan fingerprint density at radius 1 is 1.42 bits per heavy atom. The molecule has 7 nitrogen and oxygen atoms in total. The Morgan fingerprint density at radius 3 is 2.73 bits per heavy atom. The molecular formula is C18H28N4O3S. The summed E-state index contributed by atoms with van der Waals surface area (Å²) in [7, 11) is 5.87. The summed E-state index contributed by atoms with van der Waals surface area (Å²) in [6, 6.07) is 4.29. The summed E-state index contributed by atoms with van der Waals surface area (Å²) in [5.74, 6) is 0.0269. The van der Waals surface area contributed by atoms with Gasteiger partial charge in [0.05, 0.1) is 11.6 Å². The molecule has 2 aliphatic heterocycles. The molecule has 26 heavy (non-hydrogen) atoms. The number of rotatable bonds is 4. The zero-order chi connectivity index (χ0) is 18.7. The monoisotopic (exact) mass is 380 g/mol. The summed E-state index contributed by atoms with van der Waals surface area (Å²) in [6.07, 6.45) is 1.53. The standard InChI is InChI=1S/C18H28N4O3S/c1-20(2)14(15-5-4-10-26-15)11-19-17(24)22-8-6-18(7-9-22)13-21(3)16(23)12-25-18/h4-5,10,14H,6-9,11-13H2,1-3H3,(H,19,24)/t14-/m1/s1. The van der Waals surface area contributed by atoms with Gasteiger partial charge in [-0.2, -0.15) is 0 Å². The molecule has 3 amide bonds. The Balaban J connectivity index is 1.50. The number of ether oxygens (including phenoxy) is 1. The lowest BCUT2D eigenvalue weighted by Gasteiger charge is -2.46. The van der Waals surface area contributed by atoms with E-state index in [0.29, 0.717) is 26.2 Å². The second-order valence-corrected chi connectivity index (χ2v) is 8.37.